The highest BCUT2D eigenvalue weighted by Crippen LogP contribution is 2.46. The van der Waals surface area contributed by atoms with Gasteiger partial charge in [-0.3, -0.25) is 0 Å². The molecule has 1 N–H and O–H groups in total. The number of aromatic nitrogens is 1. The number of benzene rings is 7. The van der Waals surface area contributed by atoms with E-state index in [0.717, 1.165) is 17.8 Å². The Kier molecular flexibility index (Phi) is 9.37. The Morgan fingerprint density at radius 1 is 0.617 bits per heavy atom. The Bertz CT molecular complexity index is 3100. The molecule has 1 aliphatic heterocycles. The van der Waals surface area contributed by atoms with Gasteiger partial charge in [0.1, 0.15) is 0 Å². The van der Waals surface area contributed by atoms with Crippen LogP contribution in [0.25, 0.3) is 69.9 Å². The zero-order chi connectivity index (χ0) is 41.5. The summed E-state index contributed by atoms with van der Waals surface area (Å²) in [7, 11) is 0. The third kappa shape index (κ3) is 6.47. The van der Waals surface area contributed by atoms with E-state index in [1.165, 1.54) is 117 Å². The molecule has 298 valence electrons. The summed E-state index contributed by atoms with van der Waals surface area (Å²) < 4.78 is 5.23. The van der Waals surface area contributed by atoms with Gasteiger partial charge in [-0.2, -0.15) is 0 Å². The lowest BCUT2D eigenvalue weighted by Crippen LogP contribution is -2.46. The van der Waals surface area contributed by atoms with Crippen LogP contribution in [-0.2, 0) is 17.3 Å². The second kappa shape index (κ2) is 14.6. The zero-order valence-corrected chi connectivity index (χ0v) is 37.3. The van der Waals surface area contributed by atoms with Crippen LogP contribution in [0.15, 0.2) is 133 Å². The van der Waals surface area contributed by atoms with E-state index in [0.29, 0.717) is 0 Å². The molecule has 0 unspecified atom stereocenters. The van der Waals surface area contributed by atoms with Crippen molar-refractivity contribution < 1.29 is 0 Å². The van der Waals surface area contributed by atoms with Gasteiger partial charge in [-0.1, -0.05) is 159 Å². The van der Waals surface area contributed by atoms with Gasteiger partial charge < -0.3 is 9.88 Å². The van der Waals surface area contributed by atoms with Gasteiger partial charge in [-0.25, -0.2) is 0 Å². The average Bonchev–Trinajstić information content (AvgIpc) is 3.78. The zero-order valence-electron chi connectivity index (χ0n) is 36.5. The monoisotopic (exact) mass is 798 g/mol. The normalized spacial score (nSPS) is 12.9. The largest absolute Gasteiger partial charge is 0.355 e. The van der Waals surface area contributed by atoms with E-state index in [4.69, 9.17) is 0 Å². The maximum absolute atomic E-state index is 4.00. The van der Waals surface area contributed by atoms with Crippen LogP contribution in [0.5, 0.6) is 0 Å². The molecular formula is C56H55BN2S. The lowest BCUT2D eigenvalue weighted by molar-refractivity contribution is 0.590. The highest BCUT2D eigenvalue weighted by atomic mass is 32.1. The first-order valence-corrected chi connectivity index (χ1v) is 22.9. The number of nitrogens with zero attached hydrogens (tertiary/aromatic N) is 1. The minimum atomic E-state index is 0.0681. The number of thiophene rings is 1. The summed E-state index contributed by atoms with van der Waals surface area (Å²) in [6.07, 6.45) is 4.83. The Morgan fingerprint density at radius 3 is 2.02 bits per heavy atom. The third-order valence-corrected chi connectivity index (χ3v) is 14.3. The molecule has 3 heterocycles. The van der Waals surface area contributed by atoms with Crippen LogP contribution in [0.1, 0.15) is 84.4 Å². The predicted molar refractivity (Wildman–Crippen MR) is 266 cm³/mol. The number of unbranched alkanes of at least 4 members (excludes halogenated alkanes) is 2. The van der Waals surface area contributed by atoms with E-state index in [-0.39, 0.29) is 17.5 Å². The number of hydrogen-bond acceptors (Lipinski definition) is 2. The second-order valence-electron chi connectivity index (χ2n) is 19.3. The van der Waals surface area contributed by atoms with Crippen LogP contribution in [0.2, 0.25) is 6.82 Å². The first-order valence-electron chi connectivity index (χ1n) is 22.1. The number of para-hydroxylation sites is 1. The van der Waals surface area contributed by atoms with E-state index >= 15 is 0 Å². The predicted octanol–water partition coefficient (Wildman–Crippen LogP) is 15.1. The molecule has 1 aliphatic rings. The summed E-state index contributed by atoms with van der Waals surface area (Å²) in [5.74, 6) is 0. The molecule has 0 saturated heterocycles. The van der Waals surface area contributed by atoms with Gasteiger partial charge in [-0.15, -0.1) is 11.3 Å². The summed E-state index contributed by atoms with van der Waals surface area (Å²) in [5.41, 5.74) is 18.3. The van der Waals surface area contributed by atoms with Crippen LogP contribution in [0.4, 0.5) is 11.4 Å². The molecule has 0 atom stereocenters. The van der Waals surface area contributed by atoms with Crippen LogP contribution in [0.3, 0.4) is 0 Å². The summed E-state index contributed by atoms with van der Waals surface area (Å²) in [5, 5.41) is 9.27. The van der Waals surface area contributed by atoms with Crippen molar-refractivity contribution in [3.63, 3.8) is 0 Å². The smallest absolute Gasteiger partial charge is 0.212 e. The first kappa shape index (κ1) is 38.6. The maximum Gasteiger partial charge on any atom is 0.212 e. The summed E-state index contributed by atoms with van der Waals surface area (Å²) in [4.78, 5) is 0. The molecule has 0 bridgehead atoms. The molecular weight excluding hydrogens is 744 g/mol. The molecule has 0 saturated carbocycles. The van der Waals surface area contributed by atoms with Crippen molar-refractivity contribution in [1.29, 1.82) is 0 Å². The van der Waals surface area contributed by atoms with Crippen molar-refractivity contribution in [3.8, 4) is 27.9 Å². The molecule has 0 aliphatic carbocycles. The highest BCUT2D eigenvalue weighted by molar-refractivity contribution is 7.25. The van der Waals surface area contributed by atoms with E-state index in [9.17, 15) is 0 Å². The number of fused-ring (bicyclic) bond motifs is 8. The summed E-state index contributed by atoms with van der Waals surface area (Å²) in [6, 6.07) is 51.3. The second-order valence-corrected chi connectivity index (χ2v) is 20.4. The summed E-state index contributed by atoms with van der Waals surface area (Å²) in [6.45, 7) is 18.7. The molecule has 0 amide bonds. The van der Waals surface area contributed by atoms with Crippen molar-refractivity contribution in [2.75, 3.05) is 5.32 Å². The molecule has 2 nitrogen and oxygen atoms in total. The van der Waals surface area contributed by atoms with E-state index in [1.807, 2.05) is 11.3 Å². The van der Waals surface area contributed by atoms with Crippen molar-refractivity contribution in [2.24, 2.45) is 0 Å². The first-order chi connectivity index (χ1) is 28.9. The number of anilines is 2. The minimum Gasteiger partial charge on any atom is -0.355 e. The quantitative estimate of drug-likeness (QED) is 0.120. The standard InChI is InChI=1S/C56H55BN2S/c1-9-10-11-16-35-21-30-49-46(31-35)57(8)53-45(32-42(36-22-24-37(25-23-36)55(2,3)4)52-41-18-12-14-19-48(41)59(49)54(52)53)43-33-44-40-17-13-15-20-50(40)60-51(44)34-47(43)58-39-28-26-38(27-29-39)56(5,6)7/h12-15,17-34,58H,9-11,16H2,1-8H3. The van der Waals surface area contributed by atoms with Gasteiger partial charge in [0.05, 0.1) is 11.0 Å². The Morgan fingerprint density at radius 2 is 1.30 bits per heavy atom. The van der Waals surface area contributed by atoms with Crippen LogP contribution in [-0.4, -0.2) is 11.3 Å². The van der Waals surface area contributed by atoms with Gasteiger partial charge >= 0.3 is 0 Å². The van der Waals surface area contributed by atoms with Crippen molar-refractivity contribution in [2.45, 2.75) is 91.8 Å². The fourth-order valence-corrected chi connectivity index (χ4v) is 11.0. The van der Waals surface area contributed by atoms with E-state index in [1.54, 1.807) is 0 Å². The average molecular weight is 799 g/mol. The Labute approximate surface area is 360 Å². The molecule has 7 aromatic carbocycles. The van der Waals surface area contributed by atoms with E-state index < -0.39 is 0 Å². The fourth-order valence-electron chi connectivity index (χ4n) is 9.83. The Balaban J connectivity index is 1.30. The molecule has 0 fully saturated rings. The van der Waals surface area contributed by atoms with Crippen molar-refractivity contribution in [3.05, 3.63) is 150 Å². The molecule has 4 heteroatoms. The number of hydrogen-bond donors (Lipinski definition) is 1. The van der Waals surface area contributed by atoms with Crippen LogP contribution < -0.4 is 16.2 Å². The van der Waals surface area contributed by atoms with Gasteiger partial charge in [0.2, 0.25) is 6.71 Å². The number of rotatable bonds is 8. The van der Waals surface area contributed by atoms with Gasteiger partial charge in [-0.05, 0) is 111 Å². The van der Waals surface area contributed by atoms with Crippen molar-refractivity contribution >= 4 is 82.3 Å². The van der Waals surface area contributed by atoms with Gasteiger partial charge in [0.25, 0.3) is 0 Å². The SMILES string of the molecule is CCCCCc1ccc2c(c1)B(C)c1c(-c3cc4c(cc3Nc3ccc(C(C)(C)C)cc3)sc3ccccc34)cc(-c3ccc(C(C)(C)C)cc3)c3c4ccccc4n-2c13. The molecule has 0 spiro atoms. The van der Waals surface area contributed by atoms with Crippen LogP contribution >= 0.6 is 11.3 Å². The highest BCUT2D eigenvalue weighted by Gasteiger charge is 2.34. The third-order valence-electron chi connectivity index (χ3n) is 13.2. The maximum atomic E-state index is 4.00. The lowest BCUT2D eigenvalue weighted by Gasteiger charge is -2.29. The van der Waals surface area contributed by atoms with Gasteiger partial charge in [0, 0.05) is 53.6 Å². The molecule has 60 heavy (non-hydrogen) atoms. The Hall–Kier alpha value is -5.58. The minimum absolute atomic E-state index is 0.0681. The van der Waals surface area contributed by atoms with Crippen molar-refractivity contribution in [1.82, 2.24) is 4.57 Å². The van der Waals surface area contributed by atoms with Gasteiger partial charge in [0.15, 0.2) is 0 Å². The fraction of sp³-hybridized carbons (Fsp3) is 0.250. The van der Waals surface area contributed by atoms with Crippen LogP contribution in [0, 0.1) is 0 Å². The molecule has 10 rings (SSSR count). The topological polar surface area (TPSA) is 17.0 Å². The van der Waals surface area contributed by atoms with E-state index in [2.05, 4.69) is 199 Å². The molecule has 2 aromatic heterocycles. The summed E-state index contributed by atoms with van der Waals surface area (Å²) >= 11 is 1.89. The molecule has 0 radical (unpaired) electrons. The number of aryl methyl sites for hydroxylation is 1. The number of nitrogens with one attached hydrogen (secondary N) is 1. The molecule has 9 aromatic rings. The lowest BCUT2D eigenvalue weighted by atomic mass is 9.39.